The minimum absolute atomic E-state index is 0.0993. The maximum atomic E-state index is 11.8. The molecule has 0 saturated carbocycles. The van der Waals surface area contributed by atoms with Gasteiger partial charge in [0.15, 0.2) is 0 Å². The summed E-state index contributed by atoms with van der Waals surface area (Å²) in [5.41, 5.74) is 0.0993. The number of fused-ring (bicyclic) bond motifs is 1. The van der Waals surface area contributed by atoms with E-state index in [0.29, 0.717) is 13.0 Å². The zero-order valence-electron chi connectivity index (χ0n) is 10.1. The molecule has 2 atom stereocenters. The molecule has 0 aliphatic carbocycles. The molecule has 0 bridgehead atoms. The highest BCUT2D eigenvalue weighted by atomic mass is 16.5. The minimum atomic E-state index is -0.599. The summed E-state index contributed by atoms with van der Waals surface area (Å²) in [6, 6.07) is -0.400. The summed E-state index contributed by atoms with van der Waals surface area (Å²) in [6.45, 7) is 1.73. The smallest absolute Gasteiger partial charge is 0.356 e. The Bertz CT molecular complexity index is 431. The first-order valence-corrected chi connectivity index (χ1v) is 5.55. The second kappa shape index (κ2) is 4.67. The van der Waals surface area contributed by atoms with Crippen LogP contribution in [0.2, 0.25) is 0 Å². The summed E-state index contributed by atoms with van der Waals surface area (Å²) in [5.74, 6) is -1.26. The molecular formula is C11H14N2O5. The summed E-state index contributed by atoms with van der Waals surface area (Å²) in [4.78, 5) is 35.7. The van der Waals surface area contributed by atoms with Crippen molar-refractivity contribution in [3.05, 3.63) is 11.9 Å². The van der Waals surface area contributed by atoms with E-state index < -0.39 is 12.0 Å². The van der Waals surface area contributed by atoms with E-state index in [-0.39, 0.29) is 23.7 Å². The fourth-order valence-electron chi connectivity index (χ4n) is 2.17. The highest BCUT2D eigenvalue weighted by molar-refractivity contribution is 5.96. The third kappa shape index (κ3) is 2.29. The molecule has 2 heterocycles. The molecular weight excluding hydrogens is 240 g/mol. The lowest BCUT2D eigenvalue weighted by molar-refractivity contribution is -0.145. The average molecular weight is 254 g/mol. The third-order valence-corrected chi connectivity index (χ3v) is 2.89. The van der Waals surface area contributed by atoms with Crippen LogP contribution in [-0.4, -0.2) is 48.5 Å². The Morgan fingerprint density at radius 2 is 2.22 bits per heavy atom. The van der Waals surface area contributed by atoms with Crippen LogP contribution >= 0.6 is 0 Å². The Morgan fingerprint density at radius 1 is 1.50 bits per heavy atom. The second-order valence-electron chi connectivity index (χ2n) is 4.20. The molecule has 2 aliphatic rings. The summed E-state index contributed by atoms with van der Waals surface area (Å²) < 4.78 is 9.61. The van der Waals surface area contributed by atoms with Crippen molar-refractivity contribution < 1.29 is 23.9 Å². The number of amides is 1. The number of nitrogens with one attached hydrogen (secondary N) is 1. The average Bonchev–Trinajstić information content (AvgIpc) is 2.69. The van der Waals surface area contributed by atoms with Gasteiger partial charge in [-0.15, -0.1) is 0 Å². The van der Waals surface area contributed by atoms with Crippen molar-refractivity contribution in [2.24, 2.45) is 0 Å². The van der Waals surface area contributed by atoms with E-state index in [2.05, 4.69) is 10.1 Å². The fourth-order valence-corrected chi connectivity index (χ4v) is 2.17. The maximum absolute atomic E-state index is 11.8. The van der Waals surface area contributed by atoms with Crippen LogP contribution in [0.1, 0.15) is 13.3 Å². The Labute approximate surface area is 104 Å². The van der Waals surface area contributed by atoms with Crippen molar-refractivity contribution >= 4 is 17.8 Å². The first-order valence-electron chi connectivity index (χ1n) is 5.55. The van der Waals surface area contributed by atoms with Crippen LogP contribution in [0.5, 0.6) is 0 Å². The molecule has 0 unspecified atom stereocenters. The number of methoxy groups -OCH3 is 1. The Balaban J connectivity index is 2.12. The van der Waals surface area contributed by atoms with Gasteiger partial charge in [-0.2, -0.15) is 0 Å². The molecule has 0 aromatic heterocycles. The van der Waals surface area contributed by atoms with Crippen LogP contribution in [0.15, 0.2) is 11.9 Å². The van der Waals surface area contributed by atoms with Gasteiger partial charge in [0.2, 0.25) is 5.91 Å². The number of nitrogens with zero attached hydrogens (tertiary/aromatic N) is 1. The summed E-state index contributed by atoms with van der Waals surface area (Å²) in [7, 11) is 1.24. The third-order valence-electron chi connectivity index (χ3n) is 2.89. The molecule has 0 spiro atoms. The van der Waals surface area contributed by atoms with Gasteiger partial charge in [0.05, 0.1) is 13.7 Å². The van der Waals surface area contributed by atoms with Gasteiger partial charge in [-0.25, -0.2) is 4.79 Å². The molecule has 18 heavy (non-hydrogen) atoms. The molecule has 1 fully saturated rings. The summed E-state index contributed by atoms with van der Waals surface area (Å²) in [6.07, 6.45) is 1.63. The number of ether oxygens (including phenoxy) is 2. The quantitative estimate of drug-likeness (QED) is 0.645. The van der Waals surface area contributed by atoms with Crippen molar-refractivity contribution in [1.29, 1.82) is 0 Å². The van der Waals surface area contributed by atoms with E-state index in [1.807, 2.05) is 0 Å². The Morgan fingerprint density at radius 3 is 2.83 bits per heavy atom. The molecule has 0 aromatic carbocycles. The molecule has 2 aliphatic heterocycles. The molecule has 1 N–H and O–H groups in total. The minimum Gasteiger partial charge on any atom is -0.464 e. The predicted octanol–water partition coefficient (Wildman–Crippen LogP) is -0.863. The highest BCUT2D eigenvalue weighted by Crippen LogP contribution is 2.24. The Hall–Kier alpha value is -2.05. The van der Waals surface area contributed by atoms with Gasteiger partial charge in [0, 0.05) is 19.5 Å². The van der Waals surface area contributed by atoms with Crippen LogP contribution in [0, 0.1) is 0 Å². The lowest BCUT2D eigenvalue weighted by atomic mass is 10.1. The van der Waals surface area contributed by atoms with E-state index in [9.17, 15) is 14.4 Å². The standard InChI is InChI=1S/C11H14N2O5/c1-6(14)18-7-3-9-10(15)12-8(11(16)17-2)5-13(9)4-7/h5,7,9H,3-4H2,1-2H3,(H,12,15)/t7-,9+/m1/s1. The molecule has 0 aromatic rings. The van der Waals surface area contributed by atoms with Crippen molar-refractivity contribution in [2.45, 2.75) is 25.5 Å². The van der Waals surface area contributed by atoms with E-state index in [1.54, 1.807) is 4.90 Å². The van der Waals surface area contributed by atoms with Gasteiger partial charge in [-0.05, 0) is 0 Å². The van der Waals surface area contributed by atoms with Crippen LogP contribution < -0.4 is 5.32 Å². The SMILES string of the molecule is COC(=O)C1=CN2C[C@H](OC(C)=O)C[C@H]2C(=O)N1. The first-order chi connectivity index (χ1) is 8.51. The van der Waals surface area contributed by atoms with E-state index in [4.69, 9.17) is 4.74 Å². The lowest BCUT2D eigenvalue weighted by Crippen LogP contribution is -2.47. The lowest BCUT2D eigenvalue weighted by Gasteiger charge is -2.27. The largest absolute Gasteiger partial charge is 0.464 e. The van der Waals surface area contributed by atoms with Crippen LogP contribution in [0.25, 0.3) is 0 Å². The van der Waals surface area contributed by atoms with Gasteiger partial charge in [-0.1, -0.05) is 0 Å². The van der Waals surface area contributed by atoms with E-state index in [1.165, 1.54) is 20.2 Å². The number of esters is 2. The van der Waals surface area contributed by atoms with Crippen LogP contribution in [0.4, 0.5) is 0 Å². The number of carbonyl (C=O) groups excluding carboxylic acids is 3. The van der Waals surface area contributed by atoms with Crippen molar-refractivity contribution in [2.75, 3.05) is 13.7 Å². The van der Waals surface area contributed by atoms with Crippen LogP contribution in [-0.2, 0) is 23.9 Å². The Kier molecular flexibility index (Phi) is 3.22. The van der Waals surface area contributed by atoms with Gasteiger partial charge < -0.3 is 19.7 Å². The summed E-state index contributed by atoms with van der Waals surface area (Å²) in [5, 5.41) is 2.48. The number of rotatable bonds is 2. The topological polar surface area (TPSA) is 84.9 Å². The second-order valence-corrected chi connectivity index (χ2v) is 4.20. The predicted molar refractivity (Wildman–Crippen MR) is 58.9 cm³/mol. The maximum Gasteiger partial charge on any atom is 0.356 e. The fraction of sp³-hybridized carbons (Fsp3) is 0.545. The zero-order chi connectivity index (χ0) is 13.3. The molecule has 98 valence electrons. The molecule has 1 saturated heterocycles. The van der Waals surface area contributed by atoms with Gasteiger partial charge >= 0.3 is 11.9 Å². The van der Waals surface area contributed by atoms with Crippen molar-refractivity contribution in [1.82, 2.24) is 10.2 Å². The van der Waals surface area contributed by atoms with Crippen molar-refractivity contribution in [3.8, 4) is 0 Å². The molecule has 2 rings (SSSR count). The zero-order valence-corrected chi connectivity index (χ0v) is 10.1. The van der Waals surface area contributed by atoms with E-state index >= 15 is 0 Å². The normalized spacial score (nSPS) is 26.0. The number of hydrogen-bond acceptors (Lipinski definition) is 6. The monoisotopic (exact) mass is 254 g/mol. The molecule has 1 amide bonds. The molecule has 7 nitrogen and oxygen atoms in total. The summed E-state index contributed by atoms with van der Waals surface area (Å²) >= 11 is 0. The van der Waals surface area contributed by atoms with E-state index in [0.717, 1.165) is 0 Å². The highest BCUT2D eigenvalue weighted by Gasteiger charge is 2.40. The number of carbonyl (C=O) groups is 3. The molecule has 7 heteroatoms. The van der Waals surface area contributed by atoms with Crippen molar-refractivity contribution in [3.63, 3.8) is 0 Å². The van der Waals surface area contributed by atoms with Gasteiger partial charge in [-0.3, -0.25) is 9.59 Å². The van der Waals surface area contributed by atoms with Gasteiger partial charge in [0.1, 0.15) is 17.8 Å². The van der Waals surface area contributed by atoms with Gasteiger partial charge in [0.25, 0.3) is 0 Å². The molecule has 0 radical (unpaired) electrons. The number of hydrogen-bond donors (Lipinski definition) is 1. The first kappa shape index (κ1) is 12.4. The van der Waals surface area contributed by atoms with Crippen LogP contribution in [0.3, 0.4) is 0 Å².